The lowest BCUT2D eigenvalue weighted by molar-refractivity contribution is 0.144. The van der Waals surface area contributed by atoms with E-state index < -0.39 is 0 Å². The van der Waals surface area contributed by atoms with Crippen LogP contribution < -0.4 is 5.32 Å². The van der Waals surface area contributed by atoms with Gasteiger partial charge in [0.1, 0.15) is 0 Å². The monoisotopic (exact) mass is 242 g/mol. The Hall–Kier alpha value is 0.01000. The molecular formula is C13H26N2S. The van der Waals surface area contributed by atoms with Crippen molar-refractivity contribution in [3.8, 4) is 0 Å². The summed E-state index contributed by atoms with van der Waals surface area (Å²) in [5.41, 5.74) is 0. The van der Waals surface area contributed by atoms with Crippen LogP contribution in [-0.2, 0) is 0 Å². The van der Waals surface area contributed by atoms with Crippen LogP contribution >= 0.6 is 11.8 Å². The van der Waals surface area contributed by atoms with Crippen molar-refractivity contribution in [2.24, 2.45) is 0 Å². The summed E-state index contributed by atoms with van der Waals surface area (Å²) in [7, 11) is 0. The topological polar surface area (TPSA) is 15.3 Å². The minimum absolute atomic E-state index is 0.738. The molecule has 0 bridgehead atoms. The Labute approximate surface area is 105 Å². The lowest BCUT2D eigenvalue weighted by Crippen LogP contribution is -2.47. The third-order valence-corrected chi connectivity index (χ3v) is 4.30. The van der Waals surface area contributed by atoms with Crippen molar-refractivity contribution in [1.82, 2.24) is 10.2 Å². The molecule has 0 spiro atoms. The zero-order valence-electron chi connectivity index (χ0n) is 10.7. The fourth-order valence-electron chi connectivity index (χ4n) is 2.38. The highest BCUT2D eigenvalue weighted by Gasteiger charge is 2.23. The molecule has 0 aromatic carbocycles. The van der Waals surface area contributed by atoms with Crippen molar-refractivity contribution in [3.05, 3.63) is 12.7 Å². The summed E-state index contributed by atoms with van der Waals surface area (Å²) in [6, 6.07) is 1.49. The molecular weight excluding hydrogens is 216 g/mol. The molecule has 2 nitrogen and oxygen atoms in total. The van der Waals surface area contributed by atoms with Crippen LogP contribution in [0.25, 0.3) is 0 Å². The highest BCUT2D eigenvalue weighted by molar-refractivity contribution is 7.99. The Bertz CT molecular complexity index is 196. The summed E-state index contributed by atoms with van der Waals surface area (Å²) in [5, 5.41) is 3.67. The Kier molecular flexibility index (Phi) is 7.17. The van der Waals surface area contributed by atoms with Crippen molar-refractivity contribution in [2.45, 2.75) is 38.8 Å². The van der Waals surface area contributed by atoms with Crippen LogP contribution in [0.1, 0.15) is 26.7 Å². The zero-order chi connectivity index (χ0) is 11.8. The molecule has 1 N–H and O–H groups in total. The number of nitrogens with zero attached hydrogens (tertiary/aromatic N) is 1. The number of likely N-dealkylation sites (tertiary alicyclic amines) is 1. The number of piperidine rings is 1. The number of rotatable bonds is 7. The Morgan fingerprint density at radius 1 is 1.56 bits per heavy atom. The van der Waals surface area contributed by atoms with Gasteiger partial charge in [-0.05, 0) is 32.9 Å². The molecule has 0 aliphatic carbocycles. The standard InChI is InChI=1S/C13H26N2S/c1-4-9-16-10-7-14-13-6-8-15(5-2)12(3)11-13/h4,12-14H,1,5-11H2,2-3H3. The van der Waals surface area contributed by atoms with Crippen LogP contribution in [0.15, 0.2) is 12.7 Å². The van der Waals surface area contributed by atoms with Crippen molar-refractivity contribution >= 4 is 11.8 Å². The van der Waals surface area contributed by atoms with Crippen molar-refractivity contribution in [3.63, 3.8) is 0 Å². The van der Waals surface area contributed by atoms with E-state index in [1.807, 2.05) is 17.8 Å². The smallest absolute Gasteiger partial charge is 0.0111 e. The van der Waals surface area contributed by atoms with Gasteiger partial charge in [-0.2, -0.15) is 11.8 Å². The van der Waals surface area contributed by atoms with Gasteiger partial charge in [0.15, 0.2) is 0 Å². The first-order valence-electron chi connectivity index (χ1n) is 6.44. The van der Waals surface area contributed by atoms with Gasteiger partial charge < -0.3 is 10.2 Å². The van der Waals surface area contributed by atoms with Crippen LogP contribution in [0.3, 0.4) is 0 Å². The summed E-state index contributed by atoms with van der Waals surface area (Å²) < 4.78 is 0. The van der Waals surface area contributed by atoms with Gasteiger partial charge in [0.25, 0.3) is 0 Å². The van der Waals surface area contributed by atoms with E-state index in [9.17, 15) is 0 Å². The van der Waals surface area contributed by atoms with Crippen LogP contribution in [0.2, 0.25) is 0 Å². The minimum Gasteiger partial charge on any atom is -0.313 e. The van der Waals surface area contributed by atoms with E-state index in [1.54, 1.807) is 0 Å². The maximum atomic E-state index is 3.73. The normalized spacial score (nSPS) is 26.9. The molecule has 1 rings (SSSR count). The molecule has 1 aliphatic rings. The fraction of sp³-hybridized carbons (Fsp3) is 0.846. The third kappa shape index (κ3) is 4.89. The Balaban J connectivity index is 2.08. The number of thioether (sulfide) groups is 1. The molecule has 1 fully saturated rings. The maximum Gasteiger partial charge on any atom is 0.0111 e. The lowest BCUT2D eigenvalue weighted by atomic mass is 9.98. The summed E-state index contributed by atoms with van der Waals surface area (Å²) in [6.45, 7) is 11.9. The first-order valence-corrected chi connectivity index (χ1v) is 7.59. The van der Waals surface area contributed by atoms with Gasteiger partial charge in [-0.25, -0.2) is 0 Å². The molecule has 0 aromatic rings. The molecule has 1 saturated heterocycles. The van der Waals surface area contributed by atoms with Gasteiger partial charge >= 0.3 is 0 Å². The van der Waals surface area contributed by atoms with E-state index in [-0.39, 0.29) is 0 Å². The van der Waals surface area contributed by atoms with Crippen molar-refractivity contribution < 1.29 is 0 Å². The van der Waals surface area contributed by atoms with E-state index in [0.29, 0.717) is 0 Å². The molecule has 1 aliphatic heterocycles. The highest BCUT2D eigenvalue weighted by Crippen LogP contribution is 2.16. The largest absolute Gasteiger partial charge is 0.313 e. The van der Waals surface area contributed by atoms with E-state index in [0.717, 1.165) is 24.4 Å². The number of nitrogens with one attached hydrogen (secondary N) is 1. The van der Waals surface area contributed by atoms with Crippen LogP contribution in [0.5, 0.6) is 0 Å². The average Bonchev–Trinajstić information content (AvgIpc) is 2.29. The predicted molar refractivity (Wildman–Crippen MR) is 75.3 cm³/mol. The molecule has 94 valence electrons. The molecule has 0 saturated carbocycles. The van der Waals surface area contributed by atoms with Crippen LogP contribution in [0, 0.1) is 0 Å². The number of hydrogen-bond donors (Lipinski definition) is 1. The van der Waals surface area contributed by atoms with Gasteiger partial charge in [-0.1, -0.05) is 13.0 Å². The average molecular weight is 242 g/mol. The van der Waals surface area contributed by atoms with Gasteiger partial charge in [0.05, 0.1) is 0 Å². The summed E-state index contributed by atoms with van der Waals surface area (Å²) >= 11 is 1.96. The second-order valence-electron chi connectivity index (χ2n) is 4.52. The van der Waals surface area contributed by atoms with Gasteiger partial charge in [-0.3, -0.25) is 0 Å². The summed E-state index contributed by atoms with van der Waals surface area (Å²) in [5.74, 6) is 2.28. The van der Waals surface area contributed by atoms with Crippen LogP contribution in [-0.4, -0.2) is 48.1 Å². The van der Waals surface area contributed by atoms with E-state index in [1.165, 1.54) is 31.7 Å². The zero-order valence-corrected chi connectivity index (χ0v) is 11.6. The van der Waals surface area contributed by atoms with Crippen molar-refractivity contribution in [2.75, 3.05) is 31.1 Å². The molecule has 3 heteroatoms. The second-order valence-corrected chi connectivity index (χ2v) is 5.67. The third-order valence-electron chi connectivity index (χ3n) is 3.34. The molecule has 16 heavy (non-hydrogen) atoms. The van der Waals surface area contributed by atoms with Gasteiger partial charge in [-0.15, -0.1) is 6.58 Å². The molecule has 0 amide bonds. The molecule has 0 aromatic heterocycles. The summed E-state index contributed by atoms with van der Waals surface area (Å²) in [6.07, 6.45) is 4.59. The quantitative estimate of drug-likeness (QED) is 0.545. The lowest BCUT2D eigenvalue weighted by Gasteiger charge is -2.37. The minimum atomic E-state index is 0.738. The van der Waals surface area contributed by atoms with E-state index >= 15 is 0 Å². The molecule has 1 heterocycles. The molecule has 0 radical (unpaired) electrons. The van der Waals surface area contributed by atoms with Crippen molar-refractivity contribution in [1.29, 1.82) is 0 Å². The molecule has 2 atom stereocenters. The van der Waals surface area contributed by atoms with Crippen LogP contribution in [0.4, 0.5) is 0 Å². The predicted octanol–water partition coefficient (Wildman–Crippen LogP) is 2.37. The van der Waals surface area contributed by atoms with E-state index in [2.05, 4.69) is 30.6 Å². The summed E-state index contributed by atoms with van der Waals surface area (Å²) in [4.78, 5) is 2.57. The Morgan fingerprint density at radius 3 is 3.00 bits per heavy atom. The second kappa shape index (κ2) is 8.15. The first kappa shape index (κ1) is 14.1. The molecule has 2 unspecified atom stereocenters. The van der Waals surface area contributed by atoms with Gasteiger partial charge in [0, 0.05) is 30.1 Å². The first-order chi connectivity index (χ1) is 7.77. The van der Waals surface area contributed by atoms with E-state index in [4.69, 9.17) is 0 Å². The fourth-order valence-corrected chi connectivity index (χ4v) is 2.97. The highest BCUT2D eigenvalue weighted by atomic mass is 32.2. The Morgan fingerprint density at radius 2 is 2.38 bits per heavy atom. The maximum absolute atomic E-state index is 3.73. The number of hydrogen-bond acceptors (Lipinski definition) is 3. The van der Waals surface area contributed by atoms with Gasteiger partial charge in [0.2, 0.25) is 0 Å². The SMILES string of the molecule is C=CCSCCNC1CCN(CC)C(C)C1.